The summed E-state index contributed by atoms with van der Waals surface area (Å²) in [5.74, 6) is -1.62. The molecular formula is C17H18O3. The van der Waals surface area contributed by atoms with E-state index in [1.54, 1.807) is 12.1 Å². The van der Waals surface area contributed by atoms with Gasteiger partial charge < -0.3 is 9.47 Å². The number of Topliss-reactive ketones (excluding diaryl/α,β-unsaturated/α-hetero) is 1. The largest absolute Gasteiger partial charge is 0.343 e. The maximum Gasteiger partial charge on any atom is 0.261 e. The van der Waals surface area contributed by atoms with E-state index >= 15 is 0 Å². The fourth-order valence-corrected chi connectivity index (χ4v) is 2.33. The zero-order valence-electron chi connectivity index (χ0n) is 11.9. The summed E-state index contributed by atoms with van der Waals surface area (Å²) >= 11 is 0. The minimum absolute atomic E-state index is 0.211. The van der Waals surface area contributed by atoms with Crippen molar-refractivity contribution in [2.75, 3.05) is 14.2 Å². The van der Waals surface area contributed by atoms with Crippen LogP contribution in [-0.2, 0) is 15.3 Å². The van der Waals surface area contributed by atoms with Gasteiger partial charge in [0, 0.05) is 25.3 Å². The van der Waals surface area contributed by atoms with Crippen molar-refractivity contribution in [3.05, 3.63) is 71.3 Å². The van der Waals surface area contributed by atoms with Crippen molar-refractivity contribution >= 4 is 5.78 Å². The van der Waals surface area contributed by atoms with Gasteiger partial charge in [0.25, 0.3) is 5.79 Å². The molecule has 0 aliphatic rings. The molecule has 0 aliphatic carbocycles. The first-order valence-electron chi connectivity index (χ1n) is 6.42. The predicted octanol–water partition coefficient (Wildman–Crippen LogP) is 3.32. The second-order valence-corrected chi connectivity index (χ2v) is 4.53. The van der Waals surface area contributed by atoms with Gasteiger partial charge in [-0.15, -0.1) is 0 Å². The number of carbonyl (C=O) groups is 1. The summed E-state index contributed by atoms with van der Waals surface area (Å²) in [6, 6.07) is 16.6. The van der Waals surface area contributed by atoms with Crippen LogP contribution in [0.5, 0.6) is 0 Å². The molecule has 20 heavy (non-hydrogen) atoms. The van der Waals surface area contributed by atoms with Crippen molar-refractivity contribution in [3.63, 3.8) is 0 Å². The van der Waals surface area contributed by atoms with Gasteiger partial charge >= 0.3 is 0 Å². The summed E-state index contributed by atoms with van der Waals surface area (Å²) < 4.78 is 11.0. The summed E-state index contributed by atoms with van der Waals surface area (Å²) in [4.78, 5) is 12.8. The highest BCUT2D eigenvalue weighted by molar-refractivity contribution is 6.02. The molecule has 0 amide bonds. The molecule has 0 aliphatic heterocycles. The molecule has 0 N–H and O–H groups in total. The van der Waals surface area contributed by atoms with Gasteiger partial charge in [0.2, 0.25) is 5.78 Å². The fraction of sp³-hybridized carbons (Fsp3) is 0.235. The smallest absolute Gasteiger partial charge is 0.261 e. The second kappa shape index (κ2) is 5.99. The zero-order chi connectivity index (χ0) is 14.6. The van der Waals surface area contributed by atoms with Crippen molar-refractivity contribution in [3.8, 4) is 0 Å². The van der Waals surface area contributed by atoms with Crippen LogP contribution in [-0.4, -0.2) is 20.0 Å². The number of rotatable bonds is 5. The number of hydrogen-bond acceptors (Lipinski definition) is 3. The quantitative estimate of drug-likeness (QED) is 0.617. The van der Waals surface area contributed by atoms with E-state index in [1.807, 2.05) is 49.4 Å². The minimum atomic E-state index is -1.41. The lowest BCUT2D eigenvalue weighted by Gasteiger charge is -2.31. The normalized spacial score (nSPS) is 11.3. The van der Waals surface area contributed by atoms with E-state index in [0.717, 1.165) is 11.1 Å². The SMILES string of the molecule is COC(OC)(C(=O)c1ccccc1)c1ccccc1C. The van der Waals surface area contributed by atoms with E-state index in [9.17, 15) is 4.79 Å². The van der Waals surface area contributed by atoms with E-state index in [1.165, 1.54) is 14.2 Å². The first kappa shape index (κ1) is 14.4. The number of aryl methyl sites for hydroxylation is 1. The molecule has 2 rings (SSSR count). The van der Waals surface area contributed by atoms with Crippen LogP contribution in [0.2, 0.25) is 0 Å². The van der Waals surface area contributed by atoms with Crippen LogP contribution < -0.4 is 0 Å². The van der Waals surface area contributed by atoms with E-state index in [2.05, 4.69) is 0 Å². The number of benzene rings is 2. The fourth-order valence-electron chi connectivity index (χ4n) is 2.33. The van der Waals surface area contributed by atoms with Crippen molar-refractivity contribution in [2.24, 2.45) is 0 Å². The molecule has 0 saturated heterocycles. The van der Waals surface area contributed by atoms with Crippen LogP contribution in [0, 0.1) is 6.92 Å². The molecule has 0 spiro atoms. The maximum absolute atomic E-state index is 12.8. The lowest BCUT2D eigenvalue weighted by Crippen LogP contribution is -2.40. The van der Waals surface area contributed by atoms with Gasteiger partial charge in [-0.05, 0) is 12.5 Å². The molecule has 0 heterocycles. The summed E-state index contributed by atoms with van der Waals surface area (Å²) in [6.45, 7) is 1.93. The van der Waals surface area contributed by atoms with Crippen LogP contribution in [0.25, 0.3) is 0 Å². The van der Waals surface area contributed by atoms with E-state index in [-0.39, 0.29) is 5.78 Å². The molecule has 2 aromatic rings. The third-order valence-electron chi connectivity index (χ3n) is 3.41. The monoisotopic (exact) mass is 270 g/mol. The molecule has 0 atom stereocenters. The van der Waals surface area contributed by atoms with Gasteiger partial charge in [-0.1, -0.05) is 54.6 Å². The molecule has 0 aromatic heterocycles. The van der Waals surface area contributed by atoms with E-state index < -0.39 is 5.79 Å². The number of methoxy groups -OCH3 is 2. The Morgan fingerprint density at radius 2 is 1.45 bits per heavy atom. The lowest BCUT2D eigenvalue weighted by molar-refractivity contribution is -0.176. The Morgan fingerprint density at radius 3 is 2.00 bits per heavy atom. The zero-order valence-corrected chi connectivity index (χ0v) is 11.9. The third kappa shape index (κ3) is 2.38. The van der Waals surface area contributed by atoms with Gasteiger partial charge in [0.15, 0.2) is 0 Å². The summed E-state index contributed by atoms with van der Waals surface area (Å²) in [7, 11) is 2.97. The van der Waals surface area contributed by atoms with E-state index in [0.29, 0.717) is 5.56 Å². The average Bonchev–Trinajstić information content (AvgIpc) is 2.51. The van der Waals surface area contributed by atoms with Crippen molar-refractivity contribution < 1.29 is 14.3 Å². The van der Waals surface area contributed by atoms with E-state index in [4.69, 9.17) is 9.47 Å². The Balaban J connectivity index is 2.56. The molecule has 3 heteroatoms. The van der Waals surface area contributed by atoms with Gasteiger partial charge in [0.1, 0.15) is 0 Å². The topological polar surface area (TPSA) is 35.5 Å². The highest BCUT2D eigenvalue weighted by Gasteiger charge is 2.42. The molecule has 0 radical (unpaired) electrons. The maximum atomic E-state index is 12.8. The lowest BCUT2D eigenvalue weighted by atomic mass is 9.92. The van der Waals surface area contributed by atoms with Gasteiger partial charge in [0.05, 0.1) is 0 Å². The molecule has 0 bridgehead atoms. The average molecular weight is 270 g/mol. The van der Waals surface area contributed by atoms with Crippen LogP contribution in [0.3, 0.4) is 0 Å². The van der Waals surface area contributed by atoms with Gasteiger partial charge in [-0.2, -0.15) is 0 Å². The third-order valence-corrected chi connectivity index (χ3v) is 3.41. The minimum Gasteiger partial charge on any atom is -0.343 e. The Morgan fingerprint density at radius 1 is 0.900 bits per heavy atom. The Kier molecular flexibility index (Phi) is 4.32. The van der Waals surface area contributed by atoms with Crippen molar-refractivity contribution in [1.82, 2.24) is 0 Å². The predicted molar refractivity (Wildman–Crippen MR) is 77.6 cm³/mol. The van der Waals surface area contributed by atoms with Gasteiger partial charge in [-0.25, -0.2) is 0 Å². The van der Waals surface area contributed by atoms with Crippen LogP contribution in [0.15, 0.2) is 54.6 Å². The van der Waals surface area contributed by atoms with Gasteiger partial charge in [-0.3, -0.25) is 4.79 Å². The highest BCUT2D eigenvalue weighted by Crippen LogP contribution is 2.32. The number of hydrogen-bond donors (Lipinski definition) is 0. The summed E-state index contributed by atoms with van der Waals surface area (Å²) in [6.07, 6.45) is 0. The molecule has 0 unspecified atom stereocenters. The Bertz CT molecular complexity index is 586. The second-order valence-electron chi connectivity index (χ2n) is 4.53. The first-order valence-corrected chi connectivity index (χ1v) is 6.42. The molecule has 0 fully saturated rings. The standard InChI is InChI=1S/C17H18O3/c1-13-9-7-8-12-15(13)17(19-2,20-3)16(18)14-10-5-4-6-11-14/h4-12H,1-3H3. The number of ketones is 1. The molecule has 3 nitrogen and oxygen atoms in total. The first-order chi connectivity index (χ1) is 9.65. The molecule has 104 valence electrons. The Labute approximate surface area is 119 Å². The highest BCUT2D eigenvalue weighted by atomic mass is 16.7. The van der Waals surface area contributed by atoms with Crippen LogP contribution in [0.4, 0.5) is 0 Å². The number of ether oxygens (including phenoxy) is 2. The Hall–Kier alpha value is -1.97. The molecule has 2 aromatic carbocycles. The van der Waals surface area contributed by atoms with Crippen molar-refractivity contribution in [1.29, 1.82) is 0 Å². The number of carbonyl (C=O) groups excluding carboxylic acids is 1. The molecular weight excluding hydrogens is 252 g/mol. The molecule has 0 saturated carbocycles. The van der Waals surface area contributed by atoms with Crippen molar-refractivity contribution in [2.45, 2.75) is 12.7 Å². The van der Waals surface area contributed by atoms with Crippen LogP contribution >= 0.6 is 0 Å². The van der Waals surface area contributed by atoms with Crippen LogP contribution in [0.1, 0.15) is 21.5 Å². The summed E-state index contributed by atoms with van der Waals surface area (Å²) in [5.41, 5.74) is 2.22. The summed E-state index contributed by atoms with van der Waals surface area (Å²) in [5, 5.41) is 0.